The van der Waals surface area contributed by atoms with E-state index in [4.69, 9.17) is 4.74 Å². The molecule has 2 rings (SSSR count). The highest BCUT2D eigenvalue weighted by molar-refractivity contribution is 5.59. The van der Waals surface area contributed by atoms with Gasteiger partial charge in [0.05, 0.1) is 7.11 Å². The van der Waals surface area contributed by atoms with Crippen LogP contribution in [-0.4, -0.2) is 31.9 Å². The van der Waals surface area contributed by atoms with Gasteiger partial charge in [-0.3, -0.25) is 0 Å². The van der Waals surface area contributed by atoms with Crippen molar-refractivity contribution in [2.45, 2.75) is 45.1 Å². The summed E-state index contributed by atoms with van der Waals surface area (Å²) in [6.45, 7) is 1.71. The Morgan fingerprint density at radius 1 is 1.24 bits per heavy atom. The lowest BCUT2D eigenvalue weighted by atomic mass is 9.81. The largest absolute Gasteiger partial charge is 0.497 e. The lowest BCUT2D eigenvalue weighted by molar-refractivity contribution is -0.118. The highest BCUT2D eigenvalue weighted by Crippen LogP contribution is 2.34. The van der Waals surface area contributed by atoms with E-state index in [-0.39, 0.29) is 5.41 Å². The highest BCUT2D eigenvalue weighted by atomic mass is 16.5. The highest BCUT2D eigenvalue weighted by Gasteiger charge is 2.31. The SMILES string of the molecule is COc1cccc(CN(C)CC2(C=O)CCCCCC2)c1. The molecular weight excluding hydrogens is 262 g/mol. The maximum atomic E-state index is 11.7. The van der Waals surface area contributed by atoms with E-state index in [1.807, 2.05) is 12.1 Å². The topological polar surface area (TPSA) is 29.5 Å². The molecule has 1 aromatic carbocycles. The third kappa shape index (κ3) is 4.57. The summed E-state index contributed by atoms with van der Waals surface area (Å²) in [4.78, 5) is 13.9. The molecule has 1 fully saturated rings. The summed E-state index contributed by atoms with van der Waals surface area (Å²) in [5, 5.41) is 0. The summed E-state index contributed by atoms with van der Waals surface area (Å²) >= 11 is 0. The molecule has 0 heterocycles. The molecule has 21 heavy (non-hydrogen) atoms. The second-order valence-corrected chi connectivity index (χ2v) is 6.42. The number of hydrogen-bond donors (Lipinski definition) is 0. The molecule has 0 aromatic heterocycles. The monoisotopic (exact) mass is 289 g/mol. The van der Waals surface area contributed by atoms with E-state index >= 15 is 0 Å². The van der Waals surface area contributed by atoms with E-state index in [9.17, 15) is 4.79 Å². The second-order valence-electron chi connectivity index (χ2n) is 6.42. The van der Waals surface area contributed by atoms with Crippen LogP contribution in [0.5, 0.6) is 5.75 Å². The summed E-state index contributed by atoms with van der Waals surface area (Å²) in [7, 11) is 3.80. The molecule has 1 aromatic rings. The van der Waals surface area contributed by atoms with Gasteiger partial charge >= 0.3 is 0 Å². The molecule has 0 atom stereocenters. The molecule has 0 amide bonds. The fraction of sp³-hybridized carbons (Fsp3) is 0.611. The van der Waals surface area contributed by atoms with E-state index in [0.717, 1.165) is 31.7 Å². The van der Waals surface area contributed by atoms with Gasteiger partial charge in [0.1, 0.15) is 12.0 Å². The van der Waals surface area contributed by atoms with E-state index in [0.29, 0.717) is 0 Å². The molecule has 0 unspecified atom stereocenters. The first-order valence-corrected chi connectivity index (χ1v) is 7.95. The molecule has 0 radical (unpaired) electrons. The Bertz CT molecular complexity index is 450. The number of benzene rings is 1. The number of ether oxygens (including phenoxy) is 1. The minimum atomic E-state index is -0.135. The van der Waals surface area contributed by atoms with Gasteiger partial charge in [-0.2, -0.15) is 0 Å². The fourth-order valence-corrected chi connectivity index (χ4v) is 3.42. The van der Waals surface area contributed by atoms with Gasteiger partial charge in [-0.15, -0.1) is 0 Å². The van der Waals surface area contributed by atoms with Crippen LogP contribution in [0, 0.1) is 5.41 Å². The molecule has 3 nitrogen and oxygen atoms in total. The van der Waals surface area contributed by atoms with E-state index in [2.05, 4.69) is 24.1 Å². The number of hydrogen-bond acceptors (Lipinski definition) is 3. The van der Waals surface area contributed by atoms with Gasteiger partial charge in [0.15, 0.2) is 0 Å². The Labute approximate surface area is 128 Å². The van der Waals surface area contributed by atoms with Crippen LogP contribution in [-0.2, 0) is 11.3 Å². The summed E-state index contributed by atoms with van der Waals surface area (Å²) in [5.41, 5.74) is 1.09. The molecule has 0 bridgehead atoms. The number of carbonyl (C=O) groups excluding carboxylic acids is 1. The summed E-state index contributed by atoms with van der Waals surface area (Å²) < 4.78 is 5.27. The van der Waals surface area contributed by atoms with Crippen LogP contribution >= 0.6 is 0 Å². The van der Waals surface area contributed by atoms with Gasteiger partial charge < -0.3 is 14.4 Å². The molecule has 0 saturated heterocycles. The Hall–Kier alpha value is -1.35. The van der Waals surface area contributed by atoms with Gasteiger partial charge in [-0.25, -0.2) is 0 Å². The molecule has 0 aliphatic heterocycles. The van der Waals surface area contributed by atoms with Crippen molar-refractivity contribution in [2.24, 2.45) is 5.41 Å². The summed E-state index contributed by atoms with van der Waals surface area (Å²) in [5.74, 6) is 0.889. The van der Waals surface area contributed by atoms with E-state index in [1.165, 1.54) is 37.5 Å². The van der Waals surface area contributed by atoms with Crippen molar-refractivity contribution in [1.82, 2.24) is 4.90 Å². The predicted octanol–water partition coefficient (Wildman–Crippen LogP) is 3.67. The third-order valence-corrected chi connectivity index (χ3v) is 4.52. The predicted molar refractivity (Wildman–Crippen MR) is 85.5 cm³/mol. The summed E-state index contributed by atoms with van der Waals surface area (Å²) in [6.07, 6.45) is 8.22. The van der Waals surface area contributed by atoms with Gasteiger partial charge in [0.2, 0.25) is 0 Å². The number of rotatable bonds is 6. The Balaban J connectivity index is 1.98. The maximum Gasteiger partial charge on any atom is 0.127 e. The average Bonchev–Trinajstić information content (AvgIpc) is 2.73. The van der Waals surface area contributed by atoms with Gasteiger partial charge in [0, 0.05) is 18.5 Å². The zero-order chi connectivity index (χ0) is 15.1. The molecule has 3 heteroatoms. The van der Waals surface area contributed by atoms with Crippen molar-refractivity contribution in [3.8, 4) is 5.75 Å². The van der Waals surface area contributed by atoms with Gasteiger partial charge in [-0.1, -0.05) is 37.8 Å². The smallest absolute Gasteiger partial charge is 0.127 e. The number of methoxy groups -OCH3 is 1. The van der Waals surface area contributed by atoms with Crippen LogP contribution in [0.25, 0.3) is 0 Å². The Kier molecular flexibility index (Phi) is 5.80. The van der Waals surface area contributed by atoms with Crippen molar-refractivity contribution in [2.75, 3.05) is 20.7 Å². The van der Waals surface area contributed by atoms with Gasteiger partial charge in [-0.05, 0) is 37.6 Å². The minimum absolute atomic E-state index is 0.135. The molecule has 0 N–H and O–H groups in total. The molecule has 1 aliphatic rings. The fourth-order valence-electron chi connectivity index (χ4n) is 3.42. The molecule has 1 saturated carbocycles. The Morgan fingerprint density at radius 3 is 2.57 bits per heavy atom. The van der Waals surface area contributed by atoms with Crippen LogP contribution in [0.15, 0.2) is 24.3 Å². The molecule has 116 valence electrons. The number of carbonyl (C=O) groups is 1. The van der Waals surface area contributed by atoms with E-state index < -0.39 is 0 Å². The van der Waals surface area contributed by atoms with Crippen molar-refractivity contribution < 1.29 is 9.53 Å². The Morgan fingerprint density at radius 2 is 1.95 bits per heavy atom. The van der Waals surface area contributed by atoms with Crippen molar-refractivity contribution in [1.29, 1.82) is 0 Å². The van der Waals surface area contributed by atoms with Crippen LogP contribution < -0.4 is 4.74 Å². The lowest BCUT2D eigenvalue weighted by Crippen LogP contribution is -2.36. The van der Waals surface area contributed by atoms with Crippen molar-refractivity contribution >= 4 is 6.29 Å². The van der Waals surface area contributed by atoms with Crippen LogP contribution in [0.4, 0.5) is 0 Å². The first kappa shape index (κ1) is 16.0. The van der Waals surface area contributed by atoms with Crippen molar-refractivity contribution in [3.63, 3.8) is 0 Å². The first-order chi connectivity index (χ1) is 10.2. The van der Waals surface area contributed by atoms with E-state index in [1.54, 1.807) is 7.11 Å². The zero-order valence-corrected chi connectivity index (χ0v) is 13.3. The number of aldehydes is 1. The average molecular weight is 289 g/mol. The standard InChI is InChI=1S/C18H27NO2/c1-19(13-16-8-7-9-17(12-16)21-2)14-18(15-20)10-5-3-4-6-11-18/h7-9,12,15H,3-6,10-11,13-14H2,1-2H3. The van der Waals surface area contributed by atoms with Gasteiger partial charge in [0.25, 0.3) is 0 Å². The second kappa shape index (κ2) is 7.60. The third-order valence-electron chi connectivity index (χ3n) is 4.52. The van der Waals surface area contributed by atoms with Crippen LogP contribution in [0.3, 0.4) is 0 Å². The normalized spacial score (nSPS) is 18.2. The zero-order valence-electron chi connectivity index (χ0n) is 13.3. The first-order valence-electron chi connectivity index (χ1n) is 7.95. The quantitative estimate of drug-likeness (QED) is 0.591. The van der Waals surface area contributed by atoms with Crippen molar-refractivity contribution in [3.05, 3.63) is 29.8 Å². The molecule has 0 spiro atoms. The summed E-state index contributed by atoms with van der Waals surface area (Å²) in [6, 6.07) is 8.15. The molecular formula is C18H27NO2. The maximum absolute atomic E-state index is 11.7. The van der Waals surface area contributed by atoms with Crippen LogP contribution in [0.1, 0.15) is 44.1 Å². The molecule has 1 aliphatic carbocycles. The minimum Gasteiger partial charge on any atom is -0.497 e. The van der Waals surface area contributed by atoms with Crippen LogP contribution in [0.2, 0.25) is 0 Å². The lowest BCUT2D eigenvalue weighted by Gasteiger charge is -2.31. The number of nitrogens with zero attached hydrogens (tertiary/aromatic N) is 1.